The van der Waals surface area contributed by atoms with Gasteiger partial charge in [0.15, 0.2) is 5.69 Å². The first-order chi connectivity index (χ1) is 16.2. The average Bonchev–Trinajstić information content (AvgIpc) is 3.27. The van der Waals surface area contributed by atoms with Crippen molar-refractivity contribution in [2.75, 3.05) is 5.32 Å². The van der Waals surface area contributed by atoms with Gasteiger partial charge in [0, 0.05) is 18.3 Å². The van der Waals surface area contributed by atoms with Gasteiger partial charge in [-0.2, -0.15) is 18.3 Å². The number of nitrogens with one attached hydrogen (secondary N) is 1. The van der Waals surface area contributed by atoms with Crippen molar-refractivity contribution in [3.05, 3.63) is 107 Å². The van der Waals surface area contributed by atoms with Crippen LogP contribution in [-0.4, -0.2) is 20.8 Å². The molecule has 0 bridgehead atoms. The van der Waals surface area contributed by atoms with Crippen molar-refractivity contribution in [1.29, 1.82) is 0 Å². The molecule has 1 aromatic heterocycles. The van der Waals surface area contributed by atoms with Gasteiger partial charge in [-0.05, 0) is 59.5 Å². The summed E-state index contributed by atoms with van der Waals surface area (Å²) in [7, 11) is 0. The van der Waals surface area contributed by atoms with E-state index in [0.29, 0.717) is 23.4 Å². The van der Waals surface area contributed by atoms with Crippen LogP contribution in [0.5, 0.6) is 5.75 Å². The molecule has 34 heavy (non-hydrogen) atoms. The molecule has 4 N–H and O–H groups in total. The molecule has 6 nitrogen and oxygen atoms in total. The van der Waals surface area contributed by atoms with E-state index in [9.17, 15) is 23.1 Å². The van der Waals surface area contributed by atoms with Crippen molar-refractivity contribution in [2.45, 2.75) is 19.1 Å². The fourth-order valence-corrected chi connectivity index (χ4v) is 3.50. The quantitative estimate of drug-likeness (QED) is 0.377. The summed E-state index contributed by atoms with van der Waals surface area (Å²) in [6, 6.07) is 21.0. The summed E-state index contributed by atoms with van der Waals surface area (Å²) in [6.45, 7) is 0.191. The first-order valence-corrected chi connectivity index (χ1v) is 10.4. The van der Waals surface area contributed by atoms with Gasteiger partial charge >= 0.3 is 6.18 Å². The largest absolute Gasteiger partial charge is 0.508 e. The number of amides is 1. The lowest BCUT2D eigenvalue weighted by atomic mass is 10.0. The predicted octanol–water partition coefficient (Wildman–Crippen LogP) is 4.90. The number of aromatic nitrogens is 2. The maximum atomic E-state index is 13.4. The average molecular weight is 466 g/mol. The number of halogens is 3. The summed E-state index contributed by atoms with van der Waals surface area (Å²) < 4.78 is 41.1. The van der Waals surface area contributed by atoms with Gasteiger partial charge in [0.05, 0.1) is 5.69 Å². The first-order valence-electron chi connectivity index (χ1n) is 10.4. The van der Waals surface area contributed by atoms with E-state index >= 15 is 0 Å². The Labute approximate surface area is 193 Å². The zero-order valence-corrected chi connectivity index (χ0v) is 17.9. The van der Waals surface area contributed by atoms with E-state index in [1.807, 2.05) is 6.07 Å². The van der Waals surface area contributed by atoms with Crippen LogP contribution in [0.15, 0.2) is 78.9 Å². The number of hydrogen-bond acceptors (Lipinski definition) is 4. The Hall–Kier alpha value is -4.11. The Bertz CT molecular complexity index is 1310. The molecule has 0 saturated carbocycles. The molecule has 174 valence electrons. The fraction of sp³-hybridized carbons (Fsp3) is 0.120. The number of hydrogen-bond donors (Lipinski definition) is 3. The van der Waals surface area contributed by atoms with E-state index in [-0.39, 0.29) is 18.0 Å². The Balaban J connectivity index is 1.62. The van der Waals surface area contributed by atoms with Crippen molar-refractivity contribution >= 4 is 11.6 Å². The van der Waals surface area contributed by atoms with Crippen LogP contribution < -0.4 is 11.1 Å². The molecule has 0 fully saturated rings. The summed E-state index contributed by atoms with van der Waals surface area (Å²) in [5.74, 6) is -0.570. The second-order valence-corrected chi connectivity index (χ2v) is 7.70. The van der Waals surface area contributed by atoms with Crippen LogP contribution in [0.2, 0.25) is 0 Å². The number of phenolic OH excluding ortho intramolecular Hbond substituents is 1. The van der Waals surface area contributed by atoms with E-state index in [1.54, 1.807) is 66.7 Å². The SMILES string of the molecule is NCc1cccc(-n2nc(C(F)(F)F)cc2C(=O)Nc2cccc(Cc3ccc(O)cc3)c2)c1. The lowest BCUT2D eigenvalue weighted by Gasteiger charge is -2.10. The van der Waals surface area contributed by atoms with Crippen LogP contribution in [-0.2, 0) is 19.1 Å². The third kappa shape index (κ3) is 5.26. The molecule has 0 atom stereocenters. The predicted molar refractivity (Wildman–Crippen MR) is 122 cm³/mol. The Morgan fingerprint density at radius 3 is 2.35 bits per heavy atom. The molecular formula is C25H21F3N4O2. The van der Waals surface area contributed by atoms with Crippen molar-refractivity contribution in [3.8, 4) is 11.4 Å². The van der Waals surface area contributed by atoms with E-state index in [2.05, 4.69) is 10.4 Å². The number of carbonyl (C=O) groups excluding carboxylic acids is 1. The maximum absolute atomic E-state index is 13.4. The molecule has 0 saturated heterocycles. The molecule has 9 heteroatoms. The lowest BCUT2D eigenvalue weighted by molar-refractivity contribution is -0.141. The lowest BCUT2D eigenvalue weighted by Crippen LogP contribution is -2.17. The molecule has 1 amide bonds. The fourth-order valence-electron chi connectivity index (χ4n) is 3.50. The highest BCUT2D eigenvalue weighted by Gasteiger charge is 2.36. The molecule has 4 aromatic rings. The summed E-state index contributed by atoms with van der Waals surface area (Å²) >= 11 is 0. The monoisotopic (exact) mass is 466 g/mol. The first kappa shape index (κ1) is 23.1. The van der Waals surface area contributed by atoms with Gasteiger partial charge in [0.1, 0.15) is 11.4 Å². The molecule has 0 aliphatic heterocycles. The number of aromatic hydroxyl groups is 1. The van der Waals surface area contributed by atoms with Gasteiger partial charge in [-0.3, -0.25) is 4.79 Å². The van der Waals surface area contributed by atoms with E-state index in [0.717, 1.165) is 21.9 Å². The Morgan fingerprint density at radius 2 is 1.65 bits per heavy atom. The highest BCUT2D eigenvalue weighted by atomic mass is 19.4. The molecule has 3 aromatic carbocycles. The highest BCUT2D eigenvalue weighted by Crippen LogP contribution is 2.30. The van der Waals surface area contributed by atoms with E-state index in [4.69, 9.17) is 5.73 Å². The minimum absolute atomic E-state index is 0.164. The van der Waals surface area contributed by atoms with Crippen LogP contribution in [0.1, 0.15) is 32.9 Å². The van der Waals surface area contributed by atoms with Crippen molar-refractivity contribution in [3.63, 3.8) is 0 Å². The van der Waals surface area contributed by atoms with Crippen LogP contribution in [0, 0.1) is 0 Å². The van der Waals surface area contributed by atoms with Gasteiger partial charge in [0.2, 0.25) is 0 Å². The number of nitrogens with two attached hydrogens (primary N) is 1. The number of benzene rings is 3. The zero-order valence-electron chi connectivity index (χ0n) is 17.9. The number of alkyl halides is 3. The Morgan fingerprint density at radius 1 is 0.941 bits per heavy atom. The van der Waals surface area contributed by atoms with Crippen molar-refractivity contribution in [2.24, 2.45) is 5.73 Å². The van der Waals surface area contributed by atoms with E-state index < -0.39 is 17.8 Å². The van der Waals surface area contributed by atoms with Gasteiger partial charge in [-0.15, -0.1) is 0 Å². The molecule has 0 spiro atoms. The maximum Gasteiger partial charge on any atom is 0.435 e. The van der Waals surface area contributed by atoms with Crippen molar-refractivity contribution in [1.82, 2.24) is 9.78 Å². The zero-order chi connectivity index (χ0) is 24.3. The summed E-state index contributed by atoms with van der Waals surface area (Å²) in [4.78, 5) is 13.0. The summed E-state index contributed by atoms with van der Waals surface area (Å²) in [5.41, 5.74) is 7.46. The molecule has 0 aliphatic carbocycles. The van der Waals surface area contributed by atoms with Gasteiger partial charge < -0.3 is 16.2 Å². The number of nitrogens with zero attached hydrogens (tertiary/aromatic N) is 2. The number of rotatable bonds is 6. The smallest absolute Gasteiger partial charge is 0.435 e. The molecule has 4 rings (SSSR count). The van der Waals surface area contributed by atoms with Gasteiger partial charge in [0.25, 0.3) is 5.91 Å². The highest BCUT2D eigenvalue weighted by molar-refractivity contribution is 6.03. The molecule has 1 heterocycles. The summed E-state index contributed by atoms with van der Waals surface area (Å²) in [5, 5.41) is 15.7. The minimum atomic E-state index is -4.71. The number of phenols is 1. The van der Waals surface area contributed by atoms with Crippen molar-refractivity contribution < 1.29 is 23.1 Å². The number of anilines is 1. The molecule has 0 radical (unpaired) electrons. The minimum Gasteiger partial charge on any atom is -0.508 e. The molecule has 0 aliphatic rings. The van der Waals surface area contributed by atoms with E-state index in [1.165, 1.54) is 0 Å². The van der Waals surface area contributed by atoms with Crippen LogP contribution in [0.3, 0.4) is 0 Å². The second kappa shape index (κ2) is 9.40. The van der Waals surface area contributed by atoms with Gasteiger partial charge in [-0.1, -0.05) is 36.4 Å². The van der Waals surface area contributed by atoms with Gasteiger partial charge in [-0.25, -0.2) is 4.68 Å². The van der Waals surface area contributed by atoms with Crippen LogP contribution in [0.25, 0.3) is 5.69 Å². The second-order valence-electron chi connectivity index (χ2n) is 7.70. The van der Waals surface area contributed by atoms with Crippen LogP contribution >= 0.6 is 0 Å². The normalized spacial score (nSPS) is 11.4. The standard InChI is InChI=1S/C25H21F3N4O2/c26-25(27,28)23-14-22(32(31-23)20-6-2-4-18(13-20)15-29)24(34)30-19-5-1-3-17(12-19)11-16-7-9-21(33)10-8-16/h1-10,12-14,33H,11,15,29H2,(H,30,34). The molecular weight excluding hydrogens is 445 g/mol. The topological polar surface area (TPSA) is 93.2 Å². The third-order valence-corrected chi connectivity index (χ3v) is 5.15. The molecule has 0 unspecified atom stereocenters. The Kier molecular flexibility index (Phi) is 6.38. The van der Waals surface area contributed by atoms with Crippen LogP contribution in [0.4, 0.5) is 18.9 Å². The summed E-state index contributed by atoms with van der Waals surface area (Å²) in [6.07, 6.45) is -4.16. The number of carbonyl (C=O) groups is 1. The third-order valence-electron chi connectivity index (χ3n) is 5.15.